The number of carbonyl (C=O) groups is 2. The molecule has 0 atom stereocenters. The highest BCUT2D eigenvalue weighted by Crippen LogP contribution is 2.32. The fourth-order valence-corrected chi connectivity index (χ4v) is 5.18. The van der Waals surface area contributed by atoms with Gasteiger partial charge < -0.3 is 4.90 Å². The lowest BCUT2D eigenvalue weighted by Crippen LogP contribution is -2.62. The van der Waals surface area contributed by atoms with Gasteiger partial charge in [-0.2, -0.15) is 0 Å². The molecule has 0 saturated carbocycles. The number of hydrogen-bond acceptors (Lipinski definition) is 4. The molecule has 7 heteroatoms. The van der Waals surface area contributed by atoms with Crippen molar-refractivity contribution in [3.05, 3.63) is 19.2 Å². The number of halogens is 2. The Morgan fingerprint density at radius 3 is 2.60 bits per heavy atom. The minimum atomic E-state index is -0.637. The minimum absolute atomic E-state index is 0.0317. The van der Waals surface area contributed by atoms with E-state index in [4.69, 9.17) is 0 Å². The molecule has 1 aliphatic heterocycles. The standard InChI is InChI=1S/C13H16Br2N2O2S/c1-13(2)12(19)16(3)4-5-17(13)7-9(18)8-6-10(14)20-11(8)15/h6H,4-5,7H2,1-3H3. The summed E-state index contributed by atoms with van der Waals surface area (Å²) in [4.78, 5) is 28.3. The molecule has 0 aromatic carbocycles. The van der Waals surface area contributed by atoms with Crippen LogP contribution in [0, 0.1) is 0 Å². The van der Waals surface area contributed by atoms with Crippen molar-refractivity contribution in [1.29, 1.82) is 0 Å². The number of likely N-dealkylation sites (N-methyl/N-ethyl adjacent to an activating group) is 1. The molecule has 1 saturated heterocycles. The van der Waals surface area contributed by atoms with Crippen LogP contribution in [-0.2, 0) is 4.79 Å². The second kappa shape index (κ2) is 5.87. The summed E-state index contributed by atoms with van der Waals surface area (Å²) in [7, 11) is 1.80. The van der Waals surface area contributed by atoms with Crippen molar-refractivity contribution >= 4 is 54.9 Å². The Labute approximate surface area is 139 Å². The highest BCUT2D eigenvalue weighted by Gasteiger charge is 2.41. The number of rotatable bonds is 3. The summed E-state index contributed by atoms with van der Waals surface area (Å²) in [5, 5.41) is 0. The van der Waals surface area contributed by atoms with Crippen molar-refractivity contribution in [1.82, 2.24) is 9.80 Å². The summed E-state index contributed by atoms with van der Waals surface area (Å²) in [6, 6.07) is 1.82. The average molecular weight is 424 g/mol. The molecule has 0 radical (unpaired) electrons. The zero-order chi connectivity index (χ0) is 15.1. The van der Waals surface area contributed by atoms with Crippen LogP contribution in [0.15, 0.2) is 13.6 Å². The molecule has 1 aromatic rings. The highest BCUT2D eigenvalue weighted by atomic mass is 79.9. The van der Waals surface area contributed by atoms with Crippen molar-refractivity contribution in [2.45, 2.75) is 19.4 Å². The van der Waals surface area contributed by atoms with Crippen molar-refractivity contribution in [3.63, 3.8) is 0 Å². The van der Waals surface area contributed by atoms with E-state index >= 15 is 0 Å². The second-order valence-corrected chi connectivity index (χ2v) is 9.12. The third kappa shape index (κ3) is 3.00. The van der Waals surface area contributed by atoms with Crippen LogP contribution < -0.4 is 0 Å². The van der Waals surface area contributed by atoms with Crippen molar-refractivity contribution < 1.29 is 9.59 Å². The number of piperazine rings is 1. The Hall–Kier alpha value is -0.240. The first-order valence-corrected chi connectivity index (χ1v) is 8.62. The summed E-state index contributed by atoms with van der Waals surface area (Å²) < 4.78 is 1.74. The van der Waals surface area contributed by atoms with E-state index in [-0.39, 0.29) is 18.2 Å². The molecule has 1 aromatic heterocycles. The maximum Gasteiger partial charge on any atom is 0.242 e. The average Bonchev–Trinajstić information content (AvgIpc) is 2.70. The fraction of sp³-hybridized carbons (Fsp3) is 0.538. The Morgan fingerprint density at radius 2 is 2.05 bits per heavy atom. The normalized spacial score (nSPS) is 19.4. The first-order chi connectivity index (χ1) is 9.23. The van der Waals surface area contributed by atoms with Crippen molar-refractivity contribution in [2.24, 2.45) is 0 Å². The van der Waals surface area contributed by atoms with Crippen LogP contribution in [0.3, 0.4) is 0 Å². The van der Waals surface area contributed by atoms with Gasteiger partial charge in [0.05, 0.1) is 19.7 Å². The molecule has 2 rings (SSSR count). The van der Waals surface area contributed by atoms with E-state index in [2.05, 4.69) is 31.9 Å². The Morgan fingerprint density at radius 1 is 1.40 bits per heavy atom. The van der Waals surface area contributed by atoms with E-state index in [1.54, 1.807) is 11.9 Å². The minimum Gasteiger partial charge on any atom is -0.343 e. The Kier molecular flexibility index (Phi) is 4.73. The molecule has 0 spiro atoms. The van der Waals surface area contributed by atoms with E-state index in [0.29, 0.717) is 18.7 Å². The highest BCUT2D eigenvalue weighted by molar-refractivity contribution is 9.12. The van der Waals surface area contributed by atoms with Gasteiger partial charge in [0.25, 0.3) is 0 Å². The van der Waals surface area contributed by atoms with Crippen LogP contribution in [0.25, 0.3) is 0 Å². The Bertz CT molecular complexity index is 557. The van der Waals surface area contributed by atoms with Gasteiger partial charge in [-0.3, -0.25) is 14.5 Å². The molecule has 110 valence electrons. The molecule has 0 bridgehead atoms. The van der Waals surface area contributed by atoms with Crippen molar-refractivity contribution in [3.8, 4) is 0 Å². The van der Waals surface area contributed by atoms with Gasteiger partial charge in [0.1, 0.15) is 0 Å². The van der Waals surface area contributed by atoms with Crippen LogP contribution in [0.2, 0.25) is 0 Å². The first-order valence-electron chi connectivity index (χ1n) is 6.22. The third-order valence-electron chi connectivity index (χ3n) is 3.66. The lowest BCUT2D eigenvalue weighted by molar-refractivity contribution is -0.146. The number of thiophene rings is 1. The molecule has 20 heavy (non-hydrogen) atoms. The number of carbonyl (C=O) groups excluding carboxylic acids is 2. The smallest absolute Gasteiger partial charge is 0.242 e. The summed E-state index contributed by atoms with van der Waals surface area (Å²) in [5.41, 5.74) is 0.0339. The molecule has 1 aliphatic rings. The molecule has 2 heterocycles. The molecule has 0 unspecified atom stereocenters. The number of nitrogens with zero attached hydrogens (tertiary/aromatic N) is 2. The predicted molar refractivity (Wildman–Crippen MR) is 87.3 cm³/mol. The van der Waals surface area contributed by atoms with Crippen LogP contribution >= 0.6 is 43.2 Å². The Balaban J connectivity index is 2.15. The number of hydrogen-bond donors (Lipinski definition) is 0. The summed E-state index contributed by atoms with van der Waals surface area (Å²) in [6.45, 7) is 5.37. The van der Waals surface area contributed by atoms with Gasteiger partial charge in [-0.25, -0.2) is 0 Å². The summed E-state index contributed by atoms with van der Waals surface area (Å²) >= 11 is 8.26. The number of amides is 1. The lowest BCUT2D eigenvalue weighted by Gasteiger charge is -2.44. The monoisotopic (exact) mass is 422 g/mol. The molecular formula is C13H16Br2N2O2S. The van der Waals surface area contributed by atoms with E-state index in [0.717, 1.165) is 7.57 Å². The maximum atomic E-state index is 12.4. The quantitative estimate of drug-likeness (QED) is 0.701. The van der Waals surface area contributed by atoms with Crippen LogP contribution in [0.4, 0.5) is 0 Å². The molecular weight excluding hydrogens is 408 g/mol. The van der Waals surface area contributed by atoms with E-state index in [9.17, 15) is 9.59 Å². The van der Waals surface area contributed by atoms with Gasteiger partial charge in [-0.15, -0.1) is 11.3 Å². The van der Waals surface area contributed by atoms with Gasteiger partial charge in [-0.1, -0.05) is 0 Å². The van der Waals surface area contributed by atoms with Gasteiger partial charge in [-0.05, 0) is 51.8 Å². The van der Waals surface area contributed by atoms with Gasteiger partial charge >= 0.3 is 0 Å². The zero-order valence-electron chi connectivity index (χ0n) is 11.6. The SMILES string of the molecule is CN1CCN(CC(=O)c2cc(Br)sc2Br)C(C)(C)C1=O. The van der Waals surface area contributed by atoms with Gasteiger partial charge in [0.2, 0.25) is 5.91 Å². The maximum absolute atomic E-state index is 12.4. The molecule has 1 fully saturated rings. The second-order valence-electron chi connectivity index (χ2n) is 5.37. The van der Waals surface area contributed by atoms with E-state index in [1.807, 2.05) is 24.8 Å². The largest absolute Gasteiger partial charge is 0.343 e. The first kappa shape index (κ1) is 16.1. The molecule has 0 aliphatic carbocycles. The number of ketones is 1. The molecule has 1 amide bonds. The summed E-state index contributed by atoms with van der Waals surface area (Å²) in [6.07, 6.45) is 0. The third-order valence-corrected chi connectivity index (χ3v) is 6.00. The molecule has 4 nitrogen and oxygen atoms in total. The topological polar surface area (TPSA) is 40.6 Å². The van der Waals surface area contributed by atoms with E-state index in [1.165, 1.54) is 11.3 Å². The lowest BCUT2D eigenvalue weighted by atomic mass is 9.97. The van der Waals surface area contributed by atoms with Crippen molar-refractivity contribution in [2.75, 3.05) is 26.7 Å². The van der Waals surface area contributed by atoms with Crippen LogP contribution in [0.1, 0.15) is 24.2 Å². The molecule has 0 N–H and O–H groups in total. The van der Waals surface area contributed by atoms with Gasteiger partial charge in [0, 0.05) is 25.7 Å². The van der Waals surface area contributed by atoms with Gasteiger partial charge in [0.15, 0.2) is 5.78 Å². The fourth-order valence-electron chi connectivity index (χ4n) is 2.32. The zero-order valence-corrected chi connectivity index (χ0v) is 15.6. The van der Waals surface area contributed by atoms with E-state index < -0.39 is 5.54 Å². The van der Waals surface area contributed by atoms with Crippen LogP contribution in [-0.4, -0.2) is 53.7 Å². The van der Waals surface area contributed by atoms with Crippen LogP contribution in [0.5, 0.6) is 0 Å². The predicted octanol–water partition coefficient (Wildman–Crippen LogP) is 3.01. The number of Topliss-reactive ketones (excluding diaryl/α,β-unsaturated/α-hetero) is 1. The summed E-state index contributed by atoms with van der Waals surface area (Å²) in [5.74, 6) is 0.0892.